The van der Waals surface area contributed by atoms with E-state index in [9.17, 15) is 9.59 Å². The van der Waals surface area contributed by atoms with Gasteiger partial charge in [0, 0.05) is 38.1 Å². The Labute approximate surface area is 283 Å². The average molecular weight is 680 g/mol. The smallest absolute Gasteiger partial charge is 0.338 e. The van der Waals surface area contributed by atoms with Crippen molar-refractivity contribution in [2.24, 2.45) is 4.99 Å². The number of thiazole rings is 1. The van der Waals surface area contributed by atoms with Crippen molar-refractivity contribution >= 4 is 62.9 Å². The van der Waals surface area contributed by atoms with Gasteiger partial charge in [0.15, 0.2) is 4.80 Å². The van der Waals surface area contributed by atoms with Crippen LogP contribution in [0.1, 0.15) is 34.5 Å². The number of halogens is 1. The Balaban J connectivity index is 1.33. The minimum absolute atomic E-state index is 0.209. The van der Waals surface area contributed by atoms with Crippen LogP contribution in [0.2, 0.25) is 5.02 Å². The van der Waals surface area contributed by atoms with Crippen molar-refractivity contribution in [1.82, 2.24) is 9.13 Å². The van der Waals surface area contributed by atoms with E-state index in [1.165, 1.54) is 22.7 Å². The van der Waals surface area contributed by atoms with E-state index < -0.39 is 12.0 Å². The number of aryl methyl sites for hydroxylation is 1. The van der Waals surface area contributed by atoms with Crippen LogP contribution in [0, 0.1) is 6.92 Å². The lowest BCUT2D eigenvalue weighted by molar-refractivity contribution is -0.138. The number of benzene rings is 3. The minimum atomic E-state index is -0.669. The van der Waals surface area contributed by atoms with Gasteiger partial charge in [-0.3, -0.25) is 9.36 Å². The maximum atomic E-state index is 14.3. The van der Waals surface area contributed by atoms with Gasteiger partial charge in [0.2, 0.25) is 0 Å². The number of para-hydroxylation sites is 1. The number of fused-ring (bicyclic) bond motifs is 2. The lowest BCUT2D eigenvalue weighted by Crippen LogP contribution is -2.39. The molecule has 0 amide bonds. The van der Waals surface area contributed by atoms with E-state index in [-0.39, 0.29) is 12.2 Å². The molecule has 0 saturated carbocycles. The van der Waals surface area contributed by atoms with E-state index >= 15 is 0 Å². The molecule has 0 bridgehead atoms. The number of rotatable bonds is 9. The third kappa shape index (κ3) is 5.98. The third-order valence-electron chi connectivity index (χ3n) is 8.02. The second kappa shape index (κ2) is 13.2. The summed E-state index contributed by atoms with van der Waals surface area (Å²) in [4.78, 5) is 34.2. The van der Waals surface area contributed by atoms with E-state index in [0.717, 1.165) is 38.2 Å². The number of thiophene rings is 1. The molecule has 0 unspecified atom stereocenters. The molecule has 7 nitrogen and oxygen atoms in total. The molecular formula is C37H30ClN3O4S2. The molecule has 47 heavy (non-hydrogen) atoms. The van der Waals surface area contributed by atoms with Gasteiger partial charge in [-0.1, -0.05) is 77.5 Å². The van der Waals surface area contributed by atoms with Gasteiger partial charge in [-0.15, -0.1) is 11.3 Å². The molecule has 3 aromatic heterocycles. The SMILES string of the molecule is CCOC(=O)C1=C(c2ccccc2)N=c2s/c(=C\c3cn(CCOc4ccc(Cl)c(C)c4)c4ccccc34)c(=O)n2[C@@H]1c1cccs1. The summed E-state index contributed by atoms with van der Waals surface area (Å²) in [5.41, 5.74) is 4.36. The Bertz CT molecular complexity index is 2320. The quantitative estimate of drug-likeness (QED) is 0.154. The predicted octanol–water partition coefficient (Wildman–Crippen LogP) is 6.99. The number of nitrogens with zero attached hydrogens (tertiary/aromatic N) is 3. The second-order valence-electron chi connectivity index (χ2n) is 11.0. The van der Waals surface area contributed by atoms with Crippen molar-refractivity contribution in [1.29, 1.82) is 0 Å². The highest BCUT2D eigenvalue weighted by atomic mass is 35.5. The summed E-state index contributed by atoms with van der Waals surface area (Å²) >= 11 is 8.99. The van der Waals surface area contributed by atoms with Crippen LogP contribution in [0.15, 0.2) is 112 Å². The summed E-state index contributed by atoms with van der Waals surface area (Å²) in [6.45, 7) is 5.01. The van der Waals surface area contributed by atoms with Crippen molar-refractivity contribution < 1.29 is 14.3 Å². The molecule has 6 aromatic rings. The van der Waals surface area contributed by atoms with Gasteiger partial charge in [0.05, 0.1) is 29.0 Å². The van der Waals surface area contributed by atoms with Crippen molar-refractivity contribution in [2.75, 3.05) is 13.2 Å². The fraction of sp³-hybridized carbons (Fsp3) is 0.162. The van der Waals surface area contributed by atoms with Gasteiger partial charge in [-0.2, -0.15) is 0 Å². The van der Waals surface area contributed by atoms with E-state index in [2.05, 4.69) is 22.9 Å². The molecule has 4 heterocycles. The van der Waals surface area contributed by atoms with Crippen LogP contribution in [0.3, 0.4) is 0 Å². The number of ether oxygens (including phenoxy) is 2. The van der Waals surface area contributed by atoms with Crippen LogP contribution in [0.25, 0.3) is 22.7 Å². The Hall–Kier alpha value is -4.70. The normalized spacial score (nSPS) is 14.7. The maximum absolute atomic E-state index is 14.3. The monoisotopic (exact) mass is 679 g/mol. The first-order valence-corrected chi connectivity index (χ1v) is 17.3. The number of carbonyl (C=O) groups excluding carboxylic acids is 1. The fourth-order valence-corrected chi connectivity index (χ4v) is 7.77. The van der Waals surface area contributed by atoms with Gasteiger partial charge in [-0.25, -0.2) is 9.79 Å². The molecule has 0 spiro atoms. The van der Waals surface area contributed by atoms with Gasteiger partial charge in [0.1, 0.15) is 18.4 Å². The molecular weight excluding hydrogens is 650 g/mol. The maximum Gasteiger partial charge on any atom is 0.338 e. The summed E-state index contributed by atoms with van der Waals surface area (Å²) in [6.07, 6.45) is 3.98. The summed E-state index contributed by atoms with van der Waals surface area (Å²) < 4.78 is 15.9. The Morgan fingerprint density at radius 1 is 1.04 bits per heavy atom. The lowest BCUT2D eigenvalue weighted by atomic mass is 9.97. The first kappa shape index (κ1) is 30.9. The van der Waals surface area contributed by atoms with Crippen LogP contribution in [0.5, 0.6) is 5.75 Å². The highest BCUT2D eigenvalue weighted by Crippen LogP contribution is 2.37. The summed E-state index contributed by atoms with van der Waals surface area (Å²) in [7, 11) is 0. The number of aromatic nitrogens is 2. The first-order valence-electron chi connectivity index (χ1n) is 15.2. The Kier molecular flexibility index (Phi) is 8.68. The Morgan fingerprint density at radius 2 is 1.85 bits per heavy atom. The topological polar surface area (TPSA) is 74.8 Å². The molecule has 7 rings (SSSR count). The van der Waals surface area contributed by atoms with Gasteiger partial charge in [-0.05, 0) is 61.2 Å². The Morgan fingerprint density at radius 3 is 2.62 bits per heavy atom. The number of carbonyl (C=O) groups is 1. The zero-order valence-electron chi connectivity index (χ0n) is 25.7. The summed E-state index contributed by atoms with van der Waals surface area (Å²) in [5, 5.41) is 3.68. The van der Waals surface area contributed by atoms with E-state index in [4.69, 9.17) is 26.1 Å². The van der Waals surface area contributed by atoms with Crippen molar-refractivity contribution in [2.45, 2.75) is 26.4 Å². The van der Waals surface area contributed by atoms with Crippen LogP contribution < -0.4 is 19.6 Å². The standard InChI is InChI=1S/C37H30ClN3O4S2/c1-3-44-36(43)32-33(24-10-5-4-6-11-24)39-37-41(34(32)30-14-9-19-46-30)35(42)31(47-37)21-25-22-40(29-13-8-7-12-27(25)29)17-18-45-26-15-16-28(38)23(2)20-26/h4-16,19-22,34H,3,17-18H2,1-2H3/b31-21-/t34-/m1/s1. The van der Waals surface area contributed by atoms with Gasteiger partial charge in [0.25, 0.3) is 5.56 Å². The number of hydrogen-bond acceptors (Lipinski definition) is 7. The molecule has 0 saturated heterocycles. The van der Waals surface area contributed by atoms with Crippen LogP contribution in [-0.2, 0) is 16.1 Å². The van der Waals surface area contributed by atoms with Crippen molar-refractivity contribution in [3.8, 4) is 5.75 Å². The van der Waals surface area contributed by atoms with E-state index in [0.29, 0.717) is 38.8 Å². The average Bonchev–Trinajstić information content (AvgIpc) is 3.82. The van der Waals surface area contributed by atoms with Crippen molar-refractivity contribution in [3.05, 3.63) is 148 Å². The molecule has 10 heteroatoms. The zero-order valence-corrected chi connectivity index (χ0v) is 28.1. The molecule has 1 aliphatic rings. The van der Waals surface area contributed by atoms with E-state index in [1.54, 1.807) is 11.5 Å². The van der Waals surface area contributed by atoms with Gasteiger partial charge >= 0.3 is 5.97 Å². The summed E-state index contributed by atoms with van der Waals surface area (Å²) in [6, 6.07) is 26.5. The molecule has 3 aromatic carbocycles. The molecule has 1 aliphatic heterocycles. The predicted molar refractivity (Wildman–Crippen MR) is 189 cm³/mol. The minimum Gasteiger partial charge on any atom is -0.492 e. The first-order chi connectivity index (χ1) is 22.9. The molecule has 0 fully saturated rings. The summed E-state index contributed by atoms with van der Waals surface area (Å²) in [5.74, 6) is 0.281. The van der Waals surface area contributed by atoms with Crippen molar-refractivity contribution in [3.63, 3.8) is 0 Å². The van der Waals surface area contributed by atoms with Crippen LogP contribution in [-0.4, -0.2) is 28.3 Å². The zero-order chi connectivity index (χ0) is 32.5. The van der Waals surface area contributed by atoms with Crippen LogP contribution in [0.4, 0.5) is 0 Å². The molecule has 0 N–H and O–H groups in total. The number of esters is 1. The second-order valence-corrected chi connectivity index (χ2v) is 13.4. The van der Waals surface area contributed by atoms with E-state index in [1.807, 2.05) is 91.2 Å². The van der Waals surface area contributed by atoms with Gasteiger partial charge < -0.3 is 14.0 Å². The fourth-order valence-electron chi connectivity index (χ4n) is 5.84. The molecule has 236 valence electrons. The largest absolute Gasteiger partial charge is 0.492 e. The molecule has 1 atom stereocenters. The highest BCUT2D eigenvalue weighted by molar-refractivity contribution is 7.10. The molecule has 0 radical (unpaired) electrons. The number of hydrogen-bond donors (Lipinski definition) is 0. The lowest BCUT2D eigenvalue weighted by Gasteiger charge is -2.24. The molecule has 0 aliphatic carbocycles. The third-order valence-corrected chi connectivity index (χ3v) is 10.4. The highest BCUT2D eigenvalue weighted by Gasteiger charge is 2.35. The van der Waals surface area contributed by atoms with Crippen LogP contribution >= 0.6 is 34.3 Å².